The lowest BCUT2D eigenvalue weighted by Gasteiger charge is -2.17. The molecule has 6 heteroatoms. The average Bonchev–Trinajstić information content (AvgIpc) is 2.68. The number of amides is 1. The fourth-order valence-corrected chi connectivity index (χ4v) is 2.51. The van der Waals surface area contributed by atoms with Crippen molar-refractivity contribution in [1.82, 2.24) is 20.1 Å². The normalized spacial score (nSPS) is 17.9. The molecular weight excluding hydrogens is 254 g/mol. The highest BCUT2D eigenvalue weighted by atomic mass is 16.2. The first-order valence-corrected chi connectivity index (χ1v) is 6.72. The smallest absolute Gasteiger partial charge is 0.271 e. The fraction of sp³-hybridized carbons (Fsp3) is 0.357. The number of nitrogens with zero attached hydrogens (tertiary/aromatic N) is 3. The van der Waals surface area contributed by atoms with E-state index in [9.17, 15) is 4.79 Å². The molecule has 3 heterocycles. The van der Waals surface area contributed by atoms with Crippen LogP contribution in [0, 0.1) is 6.92 Å². The van der Waals surface area contributed by atoms with Crippen LogP contribution >= 0.6 is 0 Å². The number of aromatic nitrogens is 3. The van der Waals surface area contributed by atoms with Gasteiger partial charge in [0, 0.05) is 25.5 Å². The lowest BCUT2D eigenvalue weighted by atomic mass is 10.1. The van der Waals surface area contributed by atoms with Gasteiger partial charge in [0.1, 0.15) is 5.69 Å². The van der Waals surface area contributed by atoms with E-state index < -0.39 is 0 Å². The van der Waals surface area contributed by atoms with E-state index in [1.807, 2.05) is 26.0 Å². The number of anilines is 1. The molecule has 2 aromatic rings. The number of carbonyl (C=O) groups excluding carboxylic acids is 1. The Kier molecular flexibility index (Phi) is 3.14. The Morgan fingerprint density at radius 3 is 2.85 bits per heavy atom. The van der Waals surface area contributed by atoms with Crippen LogP contribution in [0.5, 0.6) is 0 Å². The third kappa shape index (κ3) is 2.03. The second-order valence-corrected chi connectivity index (χ2v) is 4.81. The second kappa shape index (κ2) is 4.96. The summed E-state index contributed by atoms with van der Waals surface area (Å²) in [5.41, 5.74) is 3.37. The lowest BCUT2D eigenvalue weighted by Crippen LogP contribution is -2.29. The first-order valence-electron chi connectivity index (χ1n) is 6.72. The molecular formula is C14H17N5O. The Bertz CT molecular complexity index is 635. The average molecular weight is 271 g/mol. The molecule has 1 aliphatic heterocycles. The first kappa shape index (κ1) is 12.7. The topological polar surface area (TPSA) is 71.8 Å². The summed E-state index contributed by atoms with van der Waals surface area (Å²) in [5, 5.41) is 10.8. The van der Waals surface area contributed by atoms with Crippen molar-refractivity contribution in [3.8, 4) is 0 Å². The van der Waals surface area contributed by atoms with Crippen molar-refractivity contribution in [3.05, 3.63) is 41.5 Å². The van der Waals surface area contributed by atoms with Crippen LogP contribution in [0.15, 0.2) is 24.5 Å². The molecule has 104 valence electrons. The standard InChI is InChI=1S/C14H17N5O/c1-3-19-13-12(9(2)18-19)17-11(8-16-14(13)20)10-4-6-15-7-5-10/h4-7,11,17H,3,8H2,1-2H3,(H,16,20). The molecule has 0 saturated heterocycles. The molecule has 2 N–H and O–H groups in total. The van der Waals surface area contributed by atoms with Crippen LogP contribution in [0.25, 0.3) is 0 Å². The summed E-state index contributed by atoms with van der Waals surface area (Å²) in [7, 11) is 0. The van der Waals surface area contributed by atoms with Gasteiger partial charge in [-0.1, -0.05) is 0 Å². The minimum atomic E-state index is -0.0773. The number of hydrogen-bond donors (Lipinski definition) is 2. The molecule has 0 spiro atoms. The van der Waals surface area contributed by atoms with Gasteiger partial charge in [0.15, 0.2) is 0 Å². The van der Waals surface area contributed by atoms with E-state index in [0.717, 1.165) is 16.9 Å². The highest BCUT2D eigenvalue weighted by molar-refractivity contribution is 5.99. The summed E-state index contributed by atoms with van der Waals surface area (Å²) in [5.74, 6) is -0.0773. The summed E-state index contributed by atoms with van der Waals surface area (Å²) in [4.78, 5) is 16.3. The molecule has 0 fully saturated rings. The maximum Gasteiger partial charge on any atom is 0.271 e. The number of aryl methyl sites for hydroxylation is 2. The van der Waals surface area contributed by atoms with Gasteiger partial charge in [0.25, 0.3) is 5.91 Å². The van der Waals surface area contributed by atoms with Gasteiger partial charge in [-0.05, 0) is 31.5 Å². The second-order valence-electron chi connectivity index (χ2n) is 4.81. The highest BCUT2D eigenvalue weighted by Gasteiger charge is 2.27. The number of rotatable bonds is 2. The van der Waals surface area contributed by atoms with E-state index in [-0.39, 0.29) is 11.9 Å². The zero-order valence-electron chi connectivity index (χ0n) is 11.6. The van der Waals surface area contributed by atoms with Gasteiger partial charge in [-0.25, -0.2) is 0 Å². The van der Waals surface area contributed by atoms with E-state index in [0.29, 0.717) is 18.8 Å². The number of hydrogen-bond acceptors (Lipinski definition) is 4. The molecule has 0 radical (unpaired) electrons. The van der Waals surface area contributed by atoms with E-state index >= 15 is 0 Å². The van der Waals surface area contributed by atoms with Crippen LogP contribution < -0.4 is 10.6 Å². The number of fused-ring (bicyclic) bond motifs is 1. The first-order chi connectivity index (χ1) is 9.70. The van der Waals surface area contributed by atoms with Crippen molar-refractivity contribution in [1.29, 1.82) is 0 Å². The Balaban J connectivity index is 2.02. The minimum Gasteiger partial charge on any atom is -0.373 e. The largest absolute Gasteiger partial charge is 0.373 e. The lowest BCUT2D eigenvalue weighted by molar-refractivity contribution is 0.0945. The third-order valence-electron chi connectivity index (χ3n) is 3.54. The molecule has 0 aromatic carbocycles. The zero-order chi connectivity index (χ0) is 14.1. The van der Waals surface area contributed by atoms with Gasteiger partial charge in [0.05, 0.1) is 17.4 Å². The van der Waals surface area contributed by atoms with E-state index in [4.69, 9.17) is 0 Å². The molecule has 0 saturated carbocycles. The fourth-order valence-electron chi connectivity index (χ4n) is 2.51. The Hall–Kier alpha value is -2.37. The Labute approximate surface area is 117 Å². The van der Waals surface area contributed by atoms with Crippen molar-refractivity contribution >= 4 is 11.6 Å². The molecule has 3 rings (SSSR count). The van der Waals surface area contributed by atoms with Gasteiger partial charge in [-0.2, -0.15) is 5.10 Å². The van der Waals surface area contributed by atoms with Crippen LogP contribution in [0.4, 0.5) is 5.69 Å². The molecule has 0 aliphatic carbocycles. The van der Waals surface area contributed by atoms with Gasteiger partial charge in [-0.3, -0.25) is 14.5 Å². The number of carbonyl (C=O) groups is 1. The molecule has 20 heavy (non-hydrogen) atoms. The molecule has 1 atom stereocenters. The Morgan fingerprint density at radius 1 is 1.40 bits per heavy atom. The van der Waals surface area contributed by atoms with Crippen LogP contribution in [0.2, 0.25) is 0 Å². The monoisotopic (exact) mass is 271 g/mol. The molecule has 1 unspecified atom stereocenters. The predicted molar refractivity (Wildman–Crippen MR) is 75.6 cm³/mol. The summed E-state index contributed by atoms with van der Waals surface area (Å²) >= 11 is 0. The SMILES string of the molecule is CCn1nc(C)c2c1C(=O)NCC(c1ccncc1)N2. The van der Waals surface area contributed by atoms with Crippen molar-refractivity contribution in [2.75, 3.05) is 11.9 Å². The predicted octanol–water partition coefficient (Wildman–Crippen LogP) is 1.50. The van der Waals surface area contributed by atoms with Gasteiger partial charge in [-0.15, -0.1) is 0 Å². The zero-order valence-corrected chi connectivity index (χ0v) is 11.6. The van der Waals surface area contributed by atoms with Crippen molar-refractivity contribution < 1.29 is 4.79 Å². The number of pyridine rings is 1. The highest BCUT2D eigenvalue weighted by Crippen LogP contribution is 2.28. The van der Waals surface area contributed by atoms with Gasteiger partial charge in [0.2, 0.25) is 0 Å². The summed E-state index contributed by atoms with van der Waals surface area (Å²) in [6.45, 7) is 5.11. The van der Waals surface area contributed by atoms with Crippen LogP contribution in [-0.4, -0.2) is 27.2 Å². The van der Waals surface area contributed by atoms with Crippen molar-refractivity contribution in [3.63, 3.8) is 0 Å². The maximum atomic E-state index is 12.3. The van der Waals surface area contributed by atoms with Gasteiger partial charge < -0.3 is 10.6 Å². The summed E-state index contributed by atoms with van der Waals surface area (Å²) < 4.78 is 1.74. The molecule has 1 aliphatic rings. The quantitative estimate of drug-likeness (QED) is 0.868. The van der Waals surface area contributed by atoms with E-state index in [1.54, 1.807) is 17.1 Å². The molecule has 2 aromatic heterocycles. The summed E-state index contributed by atoms with van der Waals surface area (Å²) in [6, 6.07) is 3.93. The van der Waals surface area contributed by atoms with Crippen LogP contribution in [0.1, 0.15) is 34.7 Å². The van der Waals surface area contributed by atoms with E-state index in [2.05, 4.69) is 20.7 Å². The number of nitrogens with one attached hydrogen (secondary N) is 2. The summed E-state index contributed by atoms with van der Waals surface area (Å²) in [6.07, 6.45) is 3.51. The van der Waals surface area contributed by atoms with Crippen LogP contribution in [-0.2, 0) is 6.54 Å². The maximum absolute atomic E-state index is 12.3. The van der Waals surface area contributed by atoms with Gasteiger partial charge >= 0.3 is 0 Å². The molecule has 0 bridgehead atoms. The van der Waals surface area contributed by atoms with Crippen molar-refractivity contribution in [2.24, 2.45) is 0 Å². The Morgan fingerprint density at radius 2 is 2.15 bits per heavy atom. The molecule has 6 nitrogen and oxygen atoms in total. The van der Waals surface area contributed by atoms with E-state index in [1.165, 1.54) is 0 Å². The van der Waals surface area contributed by atoms with Crippen molar-refractivity contribution in [2.45, 2.75) is 26.4 Å². The third-order valence-corrected chi connectivity index (χ3v) is 3.54. The molecule has 1 amide bonds. The van der Waals surface area contributed by atoms with Crippen LogP contribution in [0.3, 0.4) is 0 Å². The minimum absolute atomic E-state index is 0.0245.